The van der Waals surface area contributed by atoms with Crippen molar-refractivity contribution in [1.82, 2.24) is 19.5 Å². The van der Waals surface area contributed by atoms with E-state index < -0.39 is 22.1 Å². The number of carbonyl (C=O) groups is 1. The molecule has 2 N–H and O–H groups in total. The van der Waals surface area contributed by atoms with Crippen LogP contribution in [0.3, 0.4) is 0 Å². The highest BCUT2D eigenvalue weighted by Crippen LogP contribution is 2.41. The van der Waals surface area contributed by atoms with Gasteiger partial charge < -0.3 is 10.1 Å². The number of amides is 2. The van der Waals surface area contributed by atoms with E-state index in [9.17, 15) is 22.0 Å². The Balaban J connectivity index is 1.40. The molecule has 2 aliphatic carbocycles. The molecular weight excluding hydrogens is 516 g/mol. The second kappa shape index (κ2) is 10.2. The third kappa shape index (κ3) is 5.00. The van der Waals surface area contributed by atoms with E-state index in [1.54, 1.807) is 18.3 Å². The van der Waals surface area contributed by atoms with Crippen LogP contribution in [0.4, 0.5) is 19.3 Å². The van der Waals surface area contributed by atoms with Crippen LogP contribution in [0.2, 0.25) is 0 Å². The summed E-state index contributed by atoms with van der Waals surface area (Å²) in [5, 5.41) is 6.49. The highest BCUT2D eigenvalue weighted by atomic mass is 32.2. The fraction of sp³-hybridized carbons (Fsp3) is 0.346. The number of sulfonamides is 1. The van der Waals surface area contributed by atoms with Gasteiger partial charge in [-0.05, 0) is 85.4 Å². The van der Waals surface area contributed by atoms with Crippen LogP contribution in [0.5, 0.6) is 5.88 Å². The number of aromatic nitrogens is 3. The molecule has 1 atom stereocenters. The number of allylic oxidation sites excluding steroid dienone is 1. The molecule has 2 amide bonds. The van der Waals surface area contributed by atoms with Gasteiger partial charge in [0.05, 0.1) is 18.8 Å². The molecule has 0 spiro atoms. The summed E-state index contributed by atoms with van der Waals surface area (Å²) in [5.74, 6) is 0.412. The first-order valence-corrected chi connectivity index (χ1v) is 13.7. The highest BCUT2D eigenvalue weighted by Gasteiger charge is 2.28. The SMILES string of the molecule is COc1cc(-c2c(C)cc3c(c2NC(=O)NS(=O)(=O)c2ccn(C4CCC(=C(F)F)C4)n2)CCC3)ccn1. The number of anilines is 1. The van der Waals surface area contributed by atoms with Crippen LogP contribution >= 0.6 is 0 Å². The lowest BCUT2D eigenvalue weighted by atomic mass is 9.93. The lowest BCUT2D eigenvalue weighted by molar-refractivity contribution is 0.256. The molecule has 0 bridgehead atoms. The third-order valence-corrected chi connectivity index (χ3v) is 8.28. The second-order valence-corrected chi connectivity index (χ2v) is 11.1. The van der Waals surface area contributed by atoms with E-state index in [1.807, 2.05) is 11.6 Å². The van der Waals surface area contributed by atoms with Crippen molar-refractivity contribution in [2.75, 3.05) is 12.4 Å². The number of hydrogen-bond acceptors (Lipinski definition) is 6. The van der Waals surface area contributed by atoms with Gasteiger partial charge in [-0.25, -0.2) is 14.5 Å². The molecule has 200 valence electrons. The van der Waals surface area contributed by atoms with Gasteiger partial charge in [0.15, 0.2) is 5.03 Å². The molecule has 0 saturated heterocycles. The minimum Gasteiger partial charge on any atom is -0.481 e. The number of hydrogen-bond donors (Lipinski definition) is 2. The van der Waals surface area contributed by atoms with Crippen molar-refractivity contribution < 1.29 is 26.7 Å². The number of fused-ring (bicyclic) bond motifs is 1. The van der Waals surface area contributed by atoms with Crippen LogP contribution in [0, 0.1) is 6.92 Å². The average Bonchev–Trinajstić information content (AvgIpc) is 3.64. The summed E-state index contributed by atoms with van der Waals surface area (Å²) < 4.78 is 60.5. The normalized spacial score (nSPS) is 16.8. The maximum absolute atomic E-state index is 13.0. The number of methoxy groups -OCH3 is 1. The summed E-state index contributed by atoms with van der Waals surface area (Å²) in [6.45, 7) is 1.94. The molecule has 38 heavy (non-hydrogen) atoms. The Bertz CT molecular complexity index is 1550. The predicted octanol–water partition coefficient (Wildman–Crippen LogP) is 5.14. The van der Waals surface area contributed by atoms with Crippen LogP contribution in [-0.2, 0) is 22.9 Å². The van der Waals surface area contributed by atoms with Gasteiger partial charge in [0.2, 0.25) is 5.88 Å². The van der Waals surface area contributed by atoms with E-state index in [0.29, 0.717) is 18.0 Å². The maximum Gasteiger partial charge on any atom is 0.333 e. The summed E-state index contributed by atoms with van der Waals surface area (Å²) in [6, 6.07) is 5.62. The Morgan fingerprint density at radius 1 is 1.18 bits per heavy atom. The second-order valence-electron chi connectivity index (χ2n) is 9.48. The first-order chi connectivity index (χ1) is 18.2. The van der Waals surface area contributed by atoms with E-state index >= 15 is 0 Å². The lowest BCUT2D eigenvalue weighted by Crippen LogP contribution is -2.35. The summed E-state index contributed by atoms with van der Waals surface area (Å²) in [4.78, 5) is 17.2. The molecule has 2 aromatic heterocycles. The smallest absolute Gasteiger partial charge is 0.333 e. The van der Waals surface area contributed by atoms with Crippen molar-refractivity contribution in [3.63, 3.8) is 0 Å². The first-order valence-electron chi connectivity index (χ1n) is 12.2. The van der Waals surface area contributed by atoms with Crippen molar-refractivity contribution in [3.05, 3.63) is 65.0 Å². The number of rotatable bonds is 6. The summed E-state index contributed by atoms with van der Waals surface area (Å²) in [7, 11) is -2.80. The van der Waals surface area contributed by atoms with E-state index in [4.69, 9.17) is 4.74 Å². The zero-order valence-corrected chi connectivity index (χ0v) is 21.7. The largest absolute Gasteiger partial charge is 0.481 e. The zero-order valence-electron chi connectivity index (χ0n) is 20.9. The maximum atomic E-state index is 13.0. The molecule has 2 heterocycles. The quantitative estimate of drug-likeness (QED) is 0.445. The van der Waals surface area contributed by atoms with Crippen LogP contribution in [0.25, 0.3) is 11.1 Å². The topological polar surface area (TPSA) is 115 Å². The molecule has 3 aromatic rings. The van der Waals surface area contributed by atoms with E-state index in [2.05, 4.69) is 21.5 Å². The van der Waals surface area contributed by atoms with Gasteiger partial charge in [-0.1, -0.05) is 6.07 Å². The number of urea groups is 1. The number of nitrogens with zero attached hydrogens (tertiary/aromatic N) is 3. The molecule has 1 unspecified atom stereocenters. The number of aryl methyl sites for hydroxylation is 2. The summed E-state index contributed by atoms with van der Waals surface area (Å²) >= 11 is 0. The summed E-state index contributed by atoms with van der Waals surface area (Å²) in [6.07, 6.45) is 4.66. The van der Waals surface area contributed by atoms with Crippen molar-refractivity contribution in [1.29, 1.82) is 0 Å². The number of pyridine rings is 1. The number of carbonyl (C=O) groups excluding carboxylic acids is 1. The van der Waals surface area contributed by atoms with E-state index in [1.165, 1.54) is 24.1 Å². The summed E-state index contributed by atoms with van der Waals surface area (Å²) in [5.41, 5.74) is 5.12. The van der Waals surface area contributed by atoms with E-state index in [0.717, 1.165) is 47.1 Å². The fourth-order valence-corrected chi connectivity index (χ4v) is 6.13. The first kappa shape index (κ1) is 25.8. The van der Waals surface area contributed by atoms with Crippen molar-refractivity contribution in [2.24, 2.45) is 0 Å². The number of nitrogens with one attached hydrogen (secondary N) is 2. The van der Waals surface area contributed by atoms with Crippen LogP contribution in [0.15, 0.2) is 53.3 Å². The van der Waals surface area contributed by atoms with Gasteiger partial charge in [0.25, 0.3) is 16.1 Å². The molecule has 5 rings (SSSR count). The molecule has 1 fully saturated rings. The van der Waals surface area contributed by atoms with Crippen molar-refractivity contribution in [2.45, 2.75) is 56.5 Å². The Hall–Kier alpha value is -3.80. The number of halogens is 2. The minimum atomic E-state index is -4.31. The molecule has 0 aliphatic heterocycles. The van der Waals surface area contributed by atoms with E-state index in [-0.39, 0.29) is 29.5 Å². The monoisotopic (exact) mass is 543 g/mol. The van der Waals surface area contributed by atoms with Crippen molar-refractivity contribution in [3.8, 4) is 17.0 Å². The highest BCUT2D eigenvalue weighted by molar-refractivity contribution is 7.90. The van der Waals surface area contributed by atoms with Gasteiger partial charge in [0, 0.05) is 24.0 Å². The Morgan fingerprint density at radius 3 is 2.74 bits per heavy atom. The molecular formula is C26H27F2N5O4S. The Kier molecular flexibility index (Phi) is 6.91. The van der Waals surface area contributed by atoms with Gasteiger partial charge in [-0.15, -0.1) is 0 Å². The Morgan fingerprint density at radius 2 is 2.00 bits per heavy atom. The lowest BCUT2D eigenvalue weighted by Gasteiger charge is -2.19. The average molecular weight is 544 g/mol. The zero-order chi connectivity index (χ0) is 27.0. The number of ether oxygens (including phenoxy) is 1. The Labute approximate surface area is 219 Å². The molecule has 0 radical (unpaired) electrons. The van der Waals surface area contributed by atoms with Gasteiger partial charge in [-0.3, -0.25) is 4.68 Å². The van der Waals surface area contributed by atoms with Gasteiger partial charge >= 0.3 is 6.03 Å². The minimum absolute atomic E-state index is 0.0562. The third-order valence-electron chi connectivity index (χ3n) is 7.06. The van der Waals surface area contributed by atoms with Crippen LogP contribution < -0.4 is 14.8 Å². The van der Waals surface area contributed by atoms with Crippen LogP contribution in [-0.4, -0.2) is 36.3 Å². The fourth-order valence-electron chi connectivity index (χ4n) is 5.29. The number of benzene rings is 1. The van der Waals surface area contributed by atoms with Gasteiger partial charge in [0.1, 0.15) is 0 Å². The molecule has 1 saturated carbocycles. The van der Waals surface area contributed by atoms with Crippen LogP contribution in [0.1, 0.15) is 48.4 Å². The van der Waals surface area contributed by atoms with Crippen molar-refractivity contribution >= 4 is 21.7 Å². The predicted molar refractivity (Wildman–Crippen MR) is 137 cm³/mol. The molecule has 1 aromatic carbocycles. The molecule has 9 nitrogen and oxygen atoms in total. The standard InChI is InChI=1S/C26H27F2N5O4S/c1-15-12-16-4-3-5-20(16)24(23(15)17-8-10-29-21(14-17)37-2)30-26(34)32-38(35,36)22-9-11-33(31-22)19-7-6-18(13-19)25(27)28/h8-12,14,19H,3-7,13H2,1-2H3,(H2,30,32,34). The molecule has 12 heteroatoms. The van der Waals surface area contributed by atoms with Gasteiger partial charge in [-0.2, -0.15) is 22.3 Å². The molecule has 2 aliphatic rings.